The van der Waals surface area contributed by atoms with E-state index >= 15 is 0 Å². The van der Waals surface area contributed by atoms with E-state index in [-0.39, 0.29) is 19.6 Å². The molecule has 0 spiro atoms. The highest BCUT2D eigenvalue weighted by molar-refractivity contribution is 5.81. The summed E-state index contributed by atoms with van der Waals surface area (Å²) in [6.45, 7) is 6.35. The molecule has 0 aliphatic rings. The maximum atomic E-state index is 10.3. The number of esters is 1. The third kappa shape index (κ3) is 16.8. The first-order chi connectivity index (χ1) is 6.58. The van der Waals surface area contributed by atoms with Crippen molar-refractivity contribution in [2.45, 2.75) is 6.42 Å². The number of hydrogen-bond donors (Lipinski definition) is 2. The number of aliphatic hydroxyl groups is 1. The zero-order valence-electron chi connectivity index (χ0n) is 7.81. The standard InChI is InChI=1S/C6H8O4.C3H6O/c1-2-6(9)10-4-3-5(7)8;1-2-3-4/h2H,1,3-4H2,(H,7,8);2,4H,1,3H2. The Morgan fingerprint density at radius 2 is 1.86 bits per heavy atom. The van der Waals surface area contributed by atoms with Crippen molar-refractivity contribution in [1.29, 1.82) is 0 Å². The van der Waals surface area contributed by atoms with Gasteiger partial charge in [0.2, 0.25) is 0 Å². The molecule has 0 atom stereocenters. The molecule has 0 bridgehead atoms. The van der Waals surface area contributed by atoms with Crippen LogP contribution in [0.1, 0.15) is 6.42 Å². The van der Waals surface area contributed by atoms with E-state index in [4.69, 9.17) is 10.2 Å². The van der Waals surface area contributed by atoms with Crippen molar-refractivity contribution < 1.29 is 24.5 Å². The number of carbonyl (C=O) groups excluding carboxylic acids is 1. The second-order valence-corrected chi connectivity index (χ2v) is 1.99. The molecule has 0 aromatic rings. The predicted molar refractivity (Wildman–Crippen MR) is 50.7 cm³/mol. The summed E-state index contributed by atoms with van der Waals surface area (Å²) < 4.78 is 4.36. The van der Waals surface area contributed by atoms with E-state index in [0.717, 1.165) is 6.08 Å². The Morgan fingerprint density at radius 3 is 2.14 bits per heavy atom. The average Bonchev–Trinajstić information content (AvgIpc) is 2.17. The monoisotopic (exact) mass is 202 g/mol. The molecule has 0 unspecified atom stereocenters. The highest BCUT2D eigenvalue weighted by Crippen LogP contribution is 1.83. The van der Waals surface area contributed by atoms with Gasteiger partial charge in [0, 0.05) is 6.08 Å². The third-order valence-electron chi connectivity index (χ3n) is 0.856. The molecule has 2 N–H and O–H groups in total. The number of hydrogen-bond acceptors (Lipinski definition) is 4. The summed E-state index contributed by atoms with van der Waals surface area (Å²) in [7, 11) is 0. The van der Waals surface area contributed by atoms with Crippen molar-refractivity contribution in [3.05, 3.63) is 25.3 Å². The Bertz CT molecular complexity index is 197. The minimum atomic E-state index is -0.989. The first kappa shape index (κ1) is 14.9. The maximum absolute atomic E-state index is 10.3. The zero-order valence-corrected chi connectivity index (χ0v) is 7.81. The number of rotatable bonds is 5. The lowest BCUT2D eigenvalue weighted by molar-refractivity contribution is -0.142. The van der Waals surface area contributed by atoms with Crippen molar-refractivity contribution in [3.8, 4) is 0 Å². The van der Waals surface area contributed by atoms with Crippen molar-refractivity contribution >= 4 is 11.9 Å². The Hall–Kier alpha value is -1.62. The van der Waals surface area contributed by atoms with E-state index in [2.05, 4.69) is 17.9 Å². The van der Waals surface area contributed by atoms with Crippen LogP contribution in [-0.2, 0) is 14.3 Å². The van der Waals surface area contributed by atoms with Gasteiger partial charge in [0.15, 0.2) is 0 Å². The molecule has 5 nitrogen and oxygen atoms in total. The molecule has 0 saturated heterocycles. The molecular formula is C9H14O5. The van der Waals surface area contributed by atoms with Gasteiger partial charge in [0.25, 0.3) is 0 Å². The van der Waals surface area contributed by atoms with Crippen LogP contribution in [0.15, 0.2) is 25.3 Å². The fourth-order valence-corrected chi connectivity index (χ4v) is 0.298. The average molecular weight is 202 g/mol. The number of carboxylic acid groups (broad SMARTS) is 1. The third-order valence-corrected chi connectivity index (χ3v) is 0.856. The fourth-order valence-electron chi connectivity index (χ4n) is 0.298. The molecule has 0 aliphatic heterocycles. The molecule has 5 heteroatoms. The topological polar surface area (TPSA) is 83.8 Å². The van der Waals surface area contributed by atoms with Gasteiger partial charge in [-0.3, -0.25) is 4.79 Å². The molecule has 0 aliphatic carbocycles. The van der Waals surface area contributed by atoms with Gasteiger partial charge in [0.1, 0.15) is 6.61 Å². The van der Waals surface area contributed by atoms with Crippen molar-refractivity contribution in [3.63, 3.8) is 0 Å². The van der Waals surface area contributed by atoms with Crippen LogP contribution in [0.25, 0.3) is 0 Å². The summed E-state index contributed by atoms with van der Waals surface area (Å²) in [4.78, 5) is 20.1. The number of aliphatic carboxylic acids is 1. The van der Waals surface area contributed by atoms with Gasteiger partial charge in [-0.1, -0.05) is 12.7 Å². The van der Waals surface area contributed by atoms with Gasteiger partial charge in [0.05, 0.1) is 13.0 Å². The molecule has 0 aromatic heterocycles. The molecule has 0 saturated carbocycles. The first-order valence-corrected chi connectivity index (χ1v) is 3.81. The minimum Gasteiger partial charge on any atom is -0.481 e. The van der Waals surface area contributed by atoms with Crippen LogP contribution in [0.4, 0.5) is 0 Å². The molecule has 0 amide bonds. The lowest BCUT2D eigenvalue weighted by Gasteiger charge is -1.96. The molecule has 0 fully saturated rings. The number of carbonyl (C=O) groups is 2. The molecular weight excluding hydrogens is 188 g/mol. The molecule has 0 rings (SSSR count). The maximum Gasteiger partial charge on any atom is 0.330 e. The van der Waals surface area contributed by atoms with Gasteiger partial charge >= 0.3 is 11.9 Å². The van der Waals surface area contributed by atoms with E-state index in [1.54, 1.807) is 0 Å². The quantitative estimate of drug-likeness (QED) is 0.382. The second kappa shape index (κ2) is 11.4. The van der Waals surface area contributed by atoms with Crippen molar-refractivity contribution in [2.24, 2.45) is 0 Å². The van der Waals surface area contributed by atoms with Crippen LogP contribution >= 0.6 is 0 Å². The zero-order chi connectivity index (χ0) is 11.4. The largest absolute Gasteiger partial charge is 0.481 e. The number of ether oxygens (including phenoxy) is 1. The lowest BCUT2D eigenvalue weighted by Crippen LogP contribution is -2.06. The van der Waals surface area contributed by atoms with E-state index < -0.39 is 11.9 Å². The van der Waals surface area contributed by atoms with Crippen molar-refractivity contribution in [2.75, 3.05) is 13.2 Å². The summed E-state index contributed by atoms with van der Waals surface area (Å²) in [5.41, 5.74) is 0. The smallest absolute Gasteiger partial charge is 0.330 e. The molecule has 0 aromatic carbocycles. The van der Waals surface area contributed by atoms with Gasteiger partial charge in [-0.05, 0) is 0 Å². The summed E-state index contributed by atoms with van der Waals surface area (Å²) >= 11 is 0. The Balaban J connectivity index is 0. The molecule has 14 heavy (non-hydrogen) atoms. The Labute approximate surface area is 82.3 Å². The minimum absolute atomic E-state index is 0.0833. The summed E-state index contributed by atoms with van der Waals surface area (Å²) in [6, 6.07) is 0. The lowest BCUT2D eigenvalue weighted by atomic mass is 10.5. The highest BCUT2D eigenvalue weighted by Gasteiger charge is 1.98. The highest BCUT2D eigenvalue weighted by atomic mass is 16.5. The van der Waals surface area contributed by atoms with Gasteiger partial charge in [-0.15, -0.1) is 6.58 Å². The predicted octanol–water partition coefficient (Wildman–Crippen LogP) is 0.355. The van der Waals surface area contributed by atoms with Crippen LogP contribution in [0, 0.1) is 0 Å². The number of aliphatic hydroxyl groups excluding tert-OH is 1. The second-order valence-electron chi connectivity index (χ2n) is 1.99. The summed E-state index contributed by atoms with van der Waals surface area (Å²) in [6.07, 6.45) is 2.25. The van der Waals surface area contributed by atoms with E-state index in [9.17, 15) is 9.59 Å². The van der Waals surface area contributed by atoms with Crippen LogP contribution in [0.5, 0.6) is 0 Å². The van der Waals surface area contributed by atoms with Gasteiger partial charge in [-0.25, -0.2) is 4.79 Å². The van der Waals surface area contributed by atoms with E-state index in [0.29, 0.717) is 0 Å². The van der Waals surface area contributed by atoms with Crippen LogP contribution in [0.3, 0.4) is 0 Å². The van der Waals surface area contributed by atoms with Crippen molar-refractivity contribution in [1.82, 2.24) is 0 Å². The summed E-state index contributed by atoms with van der Waals surface area (Å²) in [5, 5.41) is 15.8. The van der Waals surface area contributed by atoms with E-state index in [1.165, 1.54) is 6.08 Å². The normalized spacial score (nSPS) is 7.79. The number of carboxylic acids is 1. The van der Waals surface area contributed by atoms with Gasteiger partial charge < -0.3 is 14.9 Å². The van der Waals surface area contributed by atoms with Gasteiger partial charge in [-0.2, -0.15) is 0 Å². The fraction of sp³-hybridized carbons (Fsp3) is 0.333. The van der Waals surface area contributed by atoms with E-state index in [1.807, 2.05) is 0 Å². The molecule has 80 valence electrons. The van der Waals surface area contributed by atoms with Crippen LogP contribution < -0.4 is 0 Å². The molecule has 0 radical (unpaired) electrons. The first-order valence-electron chi connectivity index (χ1n) is 3.81. The molecule has 0 heterocycles. The summed E-state index contributed by atoms with van der Waals surface area (Å²) in [5.74, 6) is -1.59. The van der Waals surface area contributed by atoms with Crippen LogP contribution in [-0.4, -0.2) is 35.4 Å². The Kier molecular flexibility index (Phi) is 12.1. The Morgan fingerprint density at radius 1 is 1.36 bits per heavy atom. The van der Waals surface area contributed by atoms with Crippen LogP contribution in [0.2, 0.25) is 0 Å². The SMILES string of the molecule is C=CC(=O)OCCC(=O)O.C=CCO.